The first kappa shape index (κ1) is 27.3. The number of benzene rings is 2. The fourth-order valence-electron chi connectivity index (χ4n) is 4.75. The smallest absolute Gasteiger partial charge is 0.122 e. The van der Waals surface area contributed by atoms with E-state index in [9.17, 15) is 0 Å². The van der Waals surface area contributed by atoms with Crippen molar-refractivity contribution in [1.82, 2.24) is 0 Å². The summed E-state index contributed by atoms with van der Waals surface area (Å²) in [7, 11) is 0. The van der Waals surface area contributed by atoms with Crippen molar-refractivity contribution in [3.63, 3.8) is 0 Å². The number of hydrogen-bond donors (Lipinski definition) is 2. The zero-order valence-electron chi connectivity index (χ0n) is 21.5. The van der Waals surface area contributed by atoms with Gasteiger partial charge in [0.15, 0.2) is 0 Å². The van der Waals surface area contributed by atoms with E-state index in [1.165, 1.54) is 28.7 Å². The lowest BCUT2D eigenvalue weighted by molar-refractivity contribution is 0.273. The van der Waals surface area contributed by atoms with Gasteiger partial charge < -0.3 is 19.7 Å². The summed E-state index contributed by atoms with van der Waals surface area (Å²) in [5.41, 5.74) is 5.36. The molecule has 1 atom stereocenters. The summed E-state index contributed by atoms with van der Waals surface area (Å²) in [5, 5.41) is 17.7. The zero-order valence-corrected chi connectivity index (χ0v) is 21.5. The first-order chi connectivity index (χ1) is 17.2. The molecule has 4 nitrogen and oxygen atoms in total. The van der Waals surface area contributed by atoms with Gasteiger partial charge in [-0.3, -0.25) is 0 Å². The molecule has 3 rings (SSSR count). The van der Waals surface area contributed by atoms with Gasteiger partial charge >= 0.3 is 0 Å². The van der Waals surface area contributed by atoms with Gasteiger partial charge in [-0.05, 0) is 117 Å². The number of ether oxygens (including phenoxy) is 2. The molecule has 1 aliphatic carbocycles. The van der Waals surface area contributed by atoms with Gasteiger partial charge in [-0.1, -0.05) is 37.1 Å². The van der Waals surface area contributed by atoms with Gasteiger partial charge in [0, 0.05) is 13.2 Å². The number of unbranched alkanes of at least 4 members (excludes halogenated alkanes) is 6. The highest BCUT2D eigenvalue weighted by Crippen LogP contribution is 2.37. The Morgan fingerprint density at radius 1 is 0.771 bits per heavy atom. The molecule has 0 aromatic heterocycles. The normalized spacial score (nSPS) is 15.6. The second-order valence-corrected chi connectivity index (χ2v) is 9.72. The molecule has 0 saturated carbocycles. The van der Waals surface area contributed by atoms with Crippen molar-refractivity contribution in [2.45, 2.75) is 83.5 Å². The zero-order chi connectivity index (χ0) is 24.7. The van der Waals surface area contributed by atoms with Crippen LogP contribution in [0.25, 0.3) is 5.57 Å². The van der Waals surface area contributed by atoms with Crippen LogP contribution in [0, 0.1) is 6.92 Å². The largest absolute Gasteiger partial charge is 0.494 e. The first-order valence-corrected chi connectivity index (χ1v) is 13.6. The maximum Gasteiger partial charge on any atom is 0.122 e. The van der Waals surface area contributed by atoms with Gasteiger partial charge in [0.25, 0.3) is 0 Å². The van der Waals surface area contributed by atoms with Gasteiger partial charge in [0.1, 0.15) is 11.5 Å². The molecule has 0 spiro atoms. The number of aryl methyl sites for hydroxylation is 1. The minimum absolute atomic E-state index is 0.285. The highest BCUT2D eigenvalue weighted by atomic mass is 16.5. The lowest BCUT2D eigenvalue weighted by Gasteiger charge is -2.23. The van der Waals surface area contributed by atoms with Crippen LogP contribution in [-0.2, 0) is 0 Å². The quantitative estimate of drug-likeness (QED) is 0.249. The van der Waals surface area contributed by atoms with Crippen LogP contribution in [-0.4, -0.2) is 36.6 Å². The van der Waals surface area contributed by atoms with Gasteiger partial charge in [0.05, 0.1) is 13.2 Å². The van der Waals surface area contributed by atoms with Gasteiger partial charge in [0.2, 0.25) is 0 Å². The van der Waals surface area contributed by atoms with E-state index in [1.54, 1.807) is 0 Å². The van der Waals surface area contributed by atoms with Gasteiger partial charge in [-0.25, -0.2) is 0 Å². The lowest BCUT2D eigenvalue weighted by Crippen LogP contribution is -2.05. The molecule has 0 radical (unpaired) electrons. The Bertz CT molecular complexity index is 887. The lowest BCUT2D eigenvalue weighted by atomic mass is 9.82. The maximum absolute atomic E-state index is 8.86. The van der Waals surface area contributed by atoms with Crippen molar-refractivity contribution in [1.29, 1.82) is 0 Å². The van der Waals surface area contributed by atoms with Crippen LogP contribution in [0.1, 0.15) is 93.2 Å². The van der Waals surface area contributed by atoms with E-state index in [2.05, 4.69) is 55.5 Å². The summed E-state index contributed by atoms with van der Waals surface area (Å²) < 4.78 is 11.9. The Hall–Kier alpha value is -2.30. The van der Waals surface area contributed by atoms with E-state index in [-0.39, 0.29) is 13.2 Å². The summed E-state index contributed by atoms with van der Waals surface area (Å²) in [6.45, 7) is 4.19. The molecule has 1 unspecified atom stereocenters. The Balaban J connectivity index is 1.44. The Morgan fingerprint density at radius 2 is 1.43 bits per heavy atom. The van der Waals surface area contributed by atoms with Crippen LogP contribution in [0.15, 0.2) is 48.5 Å². The van der Waals surface area contributed by atoms with Crippen molar-refractivity contribution in [2.75, 3.05) is 26.4 Å². The second kappa shape index (κ2) is 15.6. The second-order valence-electron chi connectivity index (χ2n) is 9.72. The highest BCUT2D eigenvalue weighted by Gasteiger charge is 2.18. The Labute approximate surface area is 212 Å². The van der Waals surface area contributed by atoms with Gasteiger partial charge in [-0.2, -0.15) is 0 Å². The molecule has 2 N–H and O–H groups in total. The van der Waals surface area contributed by atoms with Crippen LogP contribution in [0.5, 0.6) is 11.5 Å². The molecule has 35 heavy (non-hydrogen) atoms. The van der Waals surface area contributed by atoms with E-state index < -0.39 is 0 Å². The topological polar surface area (TPSA) is 58.9 Å². The molecule has 0 bridgehead atoms. The molecule has 192 valence electrons. The van der Waals surface area contributed by atoms with Crippen LogP contribution < -0.4 is 9.47 Å². The molecule has 0 heterocycles. The standard InChI is InChI=1S/C31H44O4/c1-25-24-29(16-19-31(25)35-23-9-5-3-7-21-33)28-12-10-26(11-13-28)27-14-17-30(18-15-27)34-22-8-4-2-6-20-32/h12,14-19,24,26,32-33H,2-11,13,20-23H2,1H3. The average Bonchev–Trinajstić information content (AvgIpc) is 2.89. The third-order valence-corrected chi connectivity index (χ3v) is 6.94. The molecule has 2 aromatic rings. The minimum atomic E-state index is 0.285. The monoisotopic (exact) mass is 480 g/mol. The van der Waals surface area contributed by atoms with Gasteiger partial charge in [-0.15, -0.1) is 0 Å². The third kappa shape index (κ3) is 9.35. The molecule has 2 aromatic carbocycles. The maximum atomic E-state index is 8.86. The summed E-state index contributed by atoms with van der Waals surface area (Å²) in [4.78, 5) is 0. The van der Waals surface area contributed by atoms with E-state index in [0.29, 0.717) is 5.92 Å². The predicted octanol–water partition coefficient (Wildman–Crippen LogP) is 7.21. The highest BCUT2D eigenvalue weighted by molar-refractivity contribution is 5.68. The summed E-state index contributed by atoms with van der Waals surface area (Å²) in [5.74, 6) is 2.50. The molecule has 0 saturated heterocycles. The Morgan fingerprint density at radius 3 is 2.03 bits per heavy atom. The average molecular weight is 481 g/mol. The van der Waals surface area contributed by atoms with Crippen molar-refractivity contribution in [2.24, 2.45) is 0 Å². The molecular formula is C31H44O4. The van der Waals surface area contributed by atoms with E-state index in [4.69, 9.17) is 19.7 Å². The summed E-state index contributed by atoms with van der Waals surface area (Å²) in [6.07, 6.45) is 14.0. The van der Waals surface area contributed by atoms with E-state index in [0.717, 1.165) is 88.9 Å². The Kier molecular flexibility index (Phi) is 12.2. The fraction of sp³-hybridized carbons (Fsp3) is 0.548. The van der Waals surface area contributed by atoms with E-state index in [1.807, 2.05) is 0 Å². The van der Waals surface area contributed by atoms with E-state index >= 15 is 0 Å². The van der Waals surface area contributed by atoms with Crippen molar-refractivity contribution in [3.05, 3.63) is 65.2 Å². The minimum Gasteiger partial charge on any atom is -0.494 e. The SMILES string of the molecule is Cc1cc(C2=CCC(c3ccc(OCCCCCCO)cc3)CC2)ccc1OCCCCCCO. The molecule has 1 aliphatic rings. The van der Waals surface area contributed by atoms with Crippen molar-refractivity contribution < 1.29 is 19.7 Å². The van der Waals surface area contributed by atoms with Crippen molar-refractivity contribution >= 4 is 5.57 Å². The predicted molar refractivity (Wildman–Crippen MR) is 144 cm³/mol. The van der Waals surface area contributed by atoms with Crippen LogP contribution in [0.4, 0.5) is 0 Å². The number of allylic oxidation sites excluding steroid dienone is 2. The fourth-order valence-corrected chi connectivity index (χ4v) is 4.75. The van der Waals surface area contributed by atoms with Crippen LogP contribution >= 0.6 is 0 Å². The molecule has 0 amide bonds. The number of hydrogen-bond acceptors (Lipinski definition) is 4. The van der Waals surface area contributed by atoms with Crippen LogP contribution in [0.2, 0.25) is 0 Å². The molecule has 0 aliphatic heterocycles. The number of aliphatic hydroxyl groups excluding tert-OH is 2. The summed E-state index contributed by atoms with van der Waals surface area (Å²) in [6, 6.07) is 15.3. The summed E-state index contributed by atoms with van der Waals surface area (Å²) >= 11 is 0. The number of aliphatic hydroxyl groups is 2. The molecular weight excluding hydrogens is 436 g/mol. The molecule has 4 heteroatoms. The third-order valence-electron chi connectivity index (χ3n) is 6.94. The first-order valence-electron chi connectivity index (χ1n) is 13.6. The van der Waals surface area contributed by atoms with Crippen LogP contribution in [0.3, 0.4) is 0 Å². The van der Waals surface area contributed by atoms with Crippen molar-refractivity contribution in [3.8, 4) is 11.5 Å². The number of rotatable bonds is 16. The molecule has 0 fully saturated rings.